The summed E-state index contributed by atoms with van der Waals surface area (Å²) in [6.07, 6.45) is 2.29. The van der Waals surface area contributed by atoms with E-state index < -0.39 is 60.1 Å². The van der Waals surface area contributed by atoms with Crippen LogP contribution in [-0.2, 0) is 40.5 Å². The van der Waals surface area contributed by atoms with E-state index in [0.717, 1.165) is 48.6 Å². The number of anilines is 10. The zero-order valence-corrected chi connectivity index (χ0v) is 53.5. The van der Waals surface area contributed by atoms with E-state index in [4.69, 9.17) is 40.9 Å². The van der Waals surface area contributed by atoms with Gasteiger partial charge in [0.05, 0.1) is 75.9 Å². The summed E-state index contributed by atoms with van der Waals surface area (Å²) in [5.41, 5.74) is -0.00857. The quantitative estimate of drug-likeness (QED) is 0.0108. The molecule has 0 aliphatic carbocycles. The molecule has 0 atom stereocenters. The van der Waals surface area contributed by atoms with Gasteiger partial charge in [0.2, 0.25) is 35.7 Å². The average molecular weight is 1410 g/mol. The van der Waals surface area contributed by atoms with E-state index in [1.54, 1.807) is 0 Å². The Morgan fingerprint density at radius 1 is 0.298 bits per heavy atom. The van der Waals surface area contributed by atoms with Crippen LogP contribution >= 0.6 is 0 Å². The van der Waals surface area contributed by atoms with Crippen LogP contribution in [-0.4, -0.2) is 264 Å². The SMILES string of the molecule is O=S(=O)(O)c1cccc(Nc2nc(NCCO)nc(Nc3ccc(/C=C/c4ccc(Nc5nc(NCCO)nc(Nc6cccc(S(=O)(=O)O)c6)n5)cc4S(=O)(=O)O)c(S(=O)(=O)O)c3)n2)c1.OCCNCCO.OCCNCCO.OCCNCCO.OCCNCCO. The first kappa shape index (κ1) is 82.6. The van der Waals surface area contributed by atoms with Gasteiger partial charge in [0.1, 0.15) is 9.79 Å². The lowest BCUT2D eigenvalue weighted by atomic mass is 10.1. The van der Waals surface area contributed by atoms with Crippen LogP contribution in [0.3, 0.4) is 0 Å². The van der Waals surface area contributed by atoms with Crippen molar-refractivity contribution < 1.29 is 103 Å². The molecule has 0 fully saturated rings. The molecule has 0 spiro atoms. The number of hydrogen-bond acceptors (Lipinski definition) is 34. The van der Waals surface area contributed by atoms with Gasteiger partial charge in [0, 0.05) is 88.2 Å². The molecule has 24 N–H and O–H groups in total. The van der Waals surface area contributed by atoms with E-state index >= 15 is 0 Å². The van der Waals surface area contributed by atoms with E-state index in [9.17, 15) is 62.1 Å². The maximum absolute atomic E-state index is 12.6. The minimum atomic E-state index is -4.98. The fourth-order valence-corrected chi connectivity index (χ4v) is 9.18. The molecule has 6 rings (SSSR count). The van der Waals surface area contributed by atoms with Crippen molar-refractivity contribution >= 4 is 111 Å². The Labute approximate surface area is 541 Å². The highest BCUT2D eigenvalue weighted by molar-refractivity contribution is 7.86. The number of nitrogens with zero attached hydrogens (tertiary/aromatic N) is 6. The van der Waals surface area contributed by atoms with Crippen molar-refractivity contribution in [3.63, 3.8) is 0 Å². The Bertz CT molecular complexity index is 3410. The highest BCUT2D eigenvalue weighted by atomic mass is 32.2. The fraction of sp³-hybridized carbons (Fsp3) is 0.385. The molecular weight excluding hydrogens is 1330 g/mol. The molecule has 0 aliphatic rings. The Morgan fingerprint density at radius 3 is 0.777 bits per heavy atom. The molecule has 2 heterocycles. The van der Waals surface area contributed by atoms with Gasteiger partial charge in [-0.2, -0.15) is 63.6 Å². The van der Waals surface area contributed by atoms with E-state index in [0.29, 0.717) is 52.4 Å². The molecule has 6 aromatic rings. The summed E-state index contributed by atoms with van der Waals surface area (Å²) in [6.45, 7) is 5.03. The van der Waals surface area contributed by atoms with Gasteiger partial charge < -0.3 is 104 Å². The number of benzene rings is 4. The summed E-state index contributed by atoms with van der Waals surface area (Å²) in [4.78, 5) is 22.9. The number of hydrogen-bond donors (Lipinski definition) is 24. The third kappa shape index (κ3) is 34.1. The van der Waals surface area contributed by atoms with Crippen molar-refractivity contribution in [2.75, 3.05) is 163 Å². The second-order valence-electron chi connectivity index (χ2n) is 18.0. The van der Waals surface area contributed by atoms with Crippen LogP contribution in [0, 0.1) is 0 Å². The summed E-state index contributed by atoms with van der Waals surface area (Å²) in [7, 11) is -19.1. The maximum Gasteiger partial charge on any atom is 0.295 e. The third-order valence-corrected chi connectivity index (χ3v) is 14.2. The molecule has 0 amide bonds. The second-order valence-corrected chi connectivity index (χ2v) is 23.6. The molecule has 0 radical (unpaired) electrons. The van der Waals surface area contributed by atoms with Gasteiger partial charge in [-0.15, -0.1) is 0 Å². The Kier molecular flexibility index (Phi) is 39.5. The van der Waals surface area contributed by atoms with E-state index in [1.165, 1.54) is 48.5 Å². The maximum atomic E-state index is 12.6. The molecule has 94 heavy (non-hydrogen) atoms. The molecule has 38 nitrogen and oxygen atoms in total. The smallest absolute Gasteiger partial charge is 0.295 e. The van der Waals surface area contributed by atoms with Crippen molar-refractivity contribution in [1.82, 2.24) is 51.2 Å². The molecule has 0 saturated carbocycles. The molecule has 4 aromatic carbocycles. The van der Waals surface area contributed by atoms with Crippen LogP contribution in [0.4, 0.5) is 58.4 Å². The van der Waals surface area contributed by atoms with Crippen LogP contribution in [0.1, 0.15) is 11.1 Å². The predicted molar refractivity (Wildman–Crippen MR) is 346 cm³/mol. The van der Waals surface area contributed by atoms with Gasteiger partial charge in [0.15, 0.2) is 0 Å². The average Bonchev–Trinajstić information content (AvgIpc) is 0.846. The van der Waals surface area contributed by atoms with Crippen molar-refractivity contribution in [3.8, 4) is 0 Å². The fourth-order valence-electron chi connectivity index (χ4n) is 6.71. The number of nitrogens with one attached hydrogen (secondary N) is 10. The van der Waals surface area contributed by atoms with Crippen LogP contribution < -0.4 is 53.2 Å². The first-order valence-electron chi connectivity index (χ1n) is 27.8. The van der Waals surface area contributed by atoms with Gasteiger partial charge in [-0.05, 0) is 71.8 Å². The molecule has 0 saturated heterocycles. The summed E-state index contributed by atoms with van der Waals surface area (Å²) < 4.78 is 136. The van der Waals surface area contributed by atoms with E-state index in [1.807, 2.05) is 0 Å². The second kappa shape index (κ2) is 45.0. The largest absolute Gasteiger partial charge is 0.395 e. The highest BCUT2D eigenvalue weighted by Crippen LogP contribution is 2.29. The lowest BCUT2D eigenvalue weighted by Gasteiger charge is -2.13. The molecule has 42 heteroatoms. The molecule has 0 aliphatic heterocycles. The van der Waals surface area contributed by atoms with E-state index in [-0.39, 0.29) is 149 Å². The number of aromatic nitrogens is 6. The molecular formula is C52H80N16O22S4. The van der Waals surface area contributed by atoms with Gasteiger partial charge in [-0.1, -0.05) is 36.4 Å². The summed E-state index contributed by atoms with van der Waals surface area (Å²) in [5.74, 6) is -0.911. The summed E-state index contributed by atoms with van der Waals surface area (Å²) in [5, 5.41) is 111. The van der Waals surface area contributed by atoms with Crippen molar-refractivity contribution in [1.29, 1.82) is 0 Å². The third-order valence-electron chi connectivity index (χ3n) is 10.7. The molecule has 0 unspecified atom stereocenters. The van der Waals surface area contributed by atoms with Gasteiger partial charge in [0.25, 0.3) is 40.5 Å². The first-order valence-corrected chi connectivity index (χ1v) is 33.6. The monoisotopic (exact) mass is 1410 g/mol. The van der Waals surface area contributed by atoms with Crippen molar-refractivity contribution in [2.45, 2.75) is 19.6 Å². The highest BCUT2D eigenvalue weighted by Gasteiger charge is 2.20. The predicted octanol–water partition coefficient (Wildman–Crippen LogP) is -2.76. The van der Waals surface area contributed by atoms with E-state index in [2.05, 4.69) is 83.1 Å². The van der Waals surface area contributed by atoms with Crippen LogP contribution in [0.25, 0.3) is 12.2 Å². The van der Waals surface area contributed by atoms with Crippen molar-refractivity contribution in [2.24, 2.45) is 0 Å². The van der Waals surface area contributed by atoms with Gasteiger partial charge in [-0.3, -0.25) is 18.2 Å². The lowest BCUT2D eigenvalue weighted by Crippen LogP contribution is -2.21. The Hall–Kier alpha value is -7.48. The Morgan fingerprint density at radius 2 is 0.543 bits per heavy atom. The topological polar surface area (TPSA) is 617 Å². The standard InChI is InChI=1S/C36H36N12O14S4.4C4H11NO2/c49-15-13-37-31-43-33(39-23-3-1-5-27(17-23)63(51,52)53)47-35(45-31)41-25-11-9-21(29(19-25)65(57,58)59)7-8-22-10-12-26(20-30(22)66(60,61)62)42-36-46-32(38-14-16-50)44-34(48-36)40-24-4-2-6-28(18-24)64(54,55)56;4*6-3-1-5-2-4-7/h1-12,17-20,49-50H,13-16H2,(H,51,52,53)(H,54,55,56)(H,57,58,59)(H,60,61,62)(H3,37,39,41,43,45,47)(H3,38,40,42,44,46,48);4*5-7H,1-4H2/b8-7+;;;;. The molecule has 0 bridgehead atoms. The van der Waals surface area contributed by atoms with Crippen LogP contribution in [0.2, 0.25) is 0 Å². The zero-order chi connectivity index (χ0) is 70.0. The normalized spacial score (nSPS) is 11.3. The molecule has 524 valence electrons. The minimum absolute atomic E-state index is 0.00238. The number of aliphatic hydroxyl groups excluding tert-OH is 10. The minimum Gasteiger partial charge on any atom is -0.395 e. The van der Waals surface area contributed by atoms with Crippen molar-refractivity contribution in [3.05, 3.63) is 96.1 Å². The summed E-state index contributed by atoms with van der Waals surface area (Å²) in [6, 6.07) is 17.3. The van der Waals surface area contributed by atoms with Gasteiger partial charge in [-0.25, -0.2) is 0 Å². The van der Waals surface area contributed by atoms with Crippen LogP contribution in [0.15, 0.2) is 105 Å². The number of rotatable bonds is 36. The lowest BCUT2D eigenvalue weighted by molar-refractivity contribution is 0.266. The summed E-state index contributed by atoms with van der Waals surface area (Å²) >= 11 is 0. The van der Waals surface area contributed by atoms with Gasteiger partial charge >= 0.3 is 0 Å². The first-order chi connectivity index (χ1) is 44.7. The zero-order valence-electron chi connectivity index (χ0n) is 50.2. The molecule has 2 aromatic heterocycles. The number of aliphatic hydroxyl groups is 10. The van der Waals surface area contributed by atoms with Crippen LogP contribution in [0.5, 0.6) is 0 Å². The Balaban J connectivity index is 0.000000890.